The summed E-state index contributed by atoms with van der Waals surface area (Å²) in [5.41, 5.74) is 3.45. The lowest BCUT2D eigenvalue weighted by atomic mass is 10.0. The first kappa shape index (κ1) is 22.6. The van der Waals surface area contributed by atoms with Crippen molar-refractivity contribution in [2.45, 2.75) is 13.3 Å². The number of para-hydroxylation sites is 1. The second-order valence-corrected chi connectivity index (χ2v) is 9.57. The number of rotatable bonds is 6. The second kappa shape index (κ2) is 9.51. The predicted octanol–water partition coefficient (Wildman–Crippen LogP) is 3.75. The standard InChI is InChI=1S/C25H31ClN4O2/c1-17-8-9-20(12-22(17)26)27-24(31)10-11-29-13-18-15-30(16-19(18)14-29)25(32)21-6-4-5-7-23(21)28(2)3/h4-9,12,18-19H,10-11,13-16H2,1-3H3,(H,27,31). The zero-order valence-electron chi connectivity index (χ0n) is 19.0. The van der Waals surface area contributed by atoms with Crippen LogP contribution in [0.25, 0.3) is 0 Å². The Hall–Kier alpha value is -2.57. The van der Waals surface area contributed by atoms with Gasteiger partial charge in [0.05, 0.1) is 5.56 Å². The van der Waals surface area contributed by atoms with Crippen molar-refractivity contribution in [3.05, 3.63) is 58.6 Å². The topological polar surface area (TPSA) is 55.9 Å². The minimum absolute atomic E-state index is 0.000856. The van der Waals surface area contributed by atoms with Crippen molar-refractivity contribution in [2.24, 2.45) is 11.8 Å². The Labute approximate surface area is 195 Å². The van der Waals surface area contributed by atoms with Crippen LogP contribution < -0.4 is 10.2 Å². The Morgan fingerprint density at radius 3 is 2.41 bits per heavy atom. The molecule has 7 heteroatoms. The van der Waals surface area contributed by atoms with Crippen LogP contribution in [-0.4, -0.2) is 68.4 Å². The normalized spacial score (nSPS) is 20.3. The van der Waals surface area contributed by atoms with Crippen LogP contribution in [0.2, 0.25) is 5.02 Å². The van der Waals surface area contributed by atoms with Crippen LogP contribution in [-0.2, 0) is 4.79 Å². The summed E-state index contributed by atoms with van der Waals surface area (Å²) in [4.78, 5) is 31.8. The van der Waals surface area contributed by atoms with Crippen LogP contribution in [0.4, 0.5) is 11.4 Å². The molecule has 32 heavy (non-hydrogen) atoms. The highest BCUT2D eigenvalue weighted by molar-refractivity contribution is 6.31. The molecule has 4 rings (SSSR count). The van der Waals surface area contributed by atoms with Crippen LogP contribution >= 0.6 is 11.6 Å². The van der Waals surface area contributed by atoms with Gasteiger partial charge in [0.1, 0.15) is 0 Å². The number of nitrogens with zero attached hydrogens (tertiary/aromatic N) is 3. The third-order valence-electron chi connectivity index (χ3n) is 6.58. The molecule has 0 saturated carbocycles. The molecule has 2 atom stereocenters. The van der Waals surface area contributed by atoms with Gasteiger partial charge in [0.15, 0.2) is 0 Å². The van der Waals surface area contributed by atoms with Crippen molar-refractivity contribution in [1.29, 1.82) is 0 Å². The monoisotopic (exact) mass is 454 g/mol. The van der Waals surface area contributed by atoms with Crippen molar-refractivity contribution >= 4 is 34.8 Å². The number of hydrogen-bond donors (Lipinski definition) is 1. The number of benzene rings is 2. The number of hydrogen-bond acceptors (Lipinski definition) is 4. The lowest BCUT2D eigenvalue weighted by Gasteiger charge is -2.24. The minimum atomic E-state index is -0.000856. The fraction of sp³-hybridized carbons (Fsp3) is 0.440. The molecule has 0 aromatic heterocycles. The third-order valence-corrected chi connectivity index (χ3v) is 6.98. The van der Waals surface area contributed by atoms with Gasteiger partial charge in [-0.1, -0.05) is 29.8 Å². The molecule has 2 unspecified atom stereocenters. The highest BCUT2D eigenvalue weighted by atomic mass is 35.5. The van der Waals surface area contributed by atoms with Crippen molar-refractivity contribution < 1.29 is 9.59 Å². The summed E-state index contributed by atoms with van der Waals surface area (Å²) in [6, 6.07) is 13.4. The van der Waals surface area contributed by atoms with E-state index in [2.05, 4.69) is 10.2 Å². The fourth-order valence-corrected chi connectivity index (χ4v) is 4.99. The van der Waals surface area contributed by atoms with E-state index in [4.69, 9.17) is 11.6 Å². The maximum Gasteiger partial charge on any atom is 0.255 e. The number of halogens is 1. The summed E-state index contributed by atoms with van der Waals surface area (Å²) in [5, 5.41) is 3.59. The number of fused-ring (bicyclic) bond motifs is 1. The van der Waals surface area contributed by atoms with Crippen LogP contribution in [0.1, 0.15) is 22.3 Å². The zero-order chi connectivity index (χ0) is 22.8. The summed E-state index contributed by atoms with van der Waals surface area (Å²) >= 11 is 6.14. The molecule has 1 N–H and O–H groups in total. The molecule has 0 radical (unpaired) electrons. The van der Waals surface area contributed by atoms with Gasteiger partial charge in [0.25, 0.3) is 5.91 Å². The molecule has 2 amide bonds. The van der Waals surface area contributed by atoms with E-state index < -0.39 is 0 Å². The Kier molecular flexibility index (Phi) is 6.72. The number of carbonyl (C=O) groups is 2. The summed E-state index contributed by atoms with van der Waals surface area (Å²) in [6.45, 7) is 6.12. The van der Waals surface area contributed by atoms with E-state index in [1.54, 1.807) is 6.07 Å². The number of likely N-dealkylation sites (tertiary alicyclic amines) is 2. The highest BCUT2D eigenvalue weighted by Gasteiger charge is 2.41. The summed E-state index contributed by atoms with van der Waals surface area (Å²) in [5.74, 6) is 1.07. The summed E-state index contributed by atoms with van der Waals surface area (Å²) in [6.07, 6.45) is 0.448. The van der Waals surface area contributed by atoms with E-state index in [1.807, 2.05) is 67.2 Å². The van der Waals surface area contributed by atoms with Gasteiger partial charge in [-0.15, -0.1) is 0 Å². The number of carbonyl (C=O) groups excluding carboxylic acids is 2. The number of anilines is 2. The van der Waals surface area contributed by atoms with Gasteiger partial charge in [-0.05, 0) is 48.6 Å². The molecular weight excluding hydrogens is 424 g/mol. The van der Waals surface area contributed by atoms with Gasteiger partial charge in [0, 0.05) is 69.6 Å². The van der Waals surface area contributed by atoms with Gasteiger partial charge in [-0.25, -0.2) is 0 Å². The smallest absolute Gasteiger partial charge is 0.255 e. The number of amides is 2. The maximum atomic E-state index is 13.1. The van der Waals surface area contributed by atoms with Crippen molar-refractivity contribution in [3.63, 3.8) is 0 Å². The molecule has 2 aromatic rings. The van der Waals surface area contributed by atoms with Crippen LogP contribution in [0.15, 0.2) is 42.5 Å². The highest BCUT2D eigenvalue weighted by Crippen LogP contribution is 2.33. The first-order chi connectivity index (χ1) is 15.3. The molecule has 6 nitrogen and oxygen atoms in total. The van der Waals surface area contributed by atoms with E-state index in [1.165, 1.54) is 0 Å². The molecule has 0 bridgehead atoms. The largest absolute Gasteiger partial charge is 0.377 e. The molecule has 2 aliphatic rings. The van der Waals surface area contributed by atoms with Crippen LogP contribution in [0, 0.1) is 18.8 Å². The van der Waals surface area contributed by atoms with Gasteiger partial charge in [0.2, 0.25) is 5.91 Å². The van der Waals surface area contributed by atoms with Crippen LogP contribution in [0.5, 0.6) is 0 Å². The van der Waals surface area contributed by atoms with E-state index in [0.717, 1.165) is 55.2 Å². The Morgan fingerprint density at radius 2 is 1.75 bits per heavy atom. The molecule has 2 fully saturated rings. The first-order valence-corrected chi connectivity index (χ1v) is 11.5. The van der Waals surface area contributed by atoms with E-state index in [0.29, 0.717) is 23.3 Å². The fourth-order valence-electron chi connectivity index (χ4n) is 4.81. The quantitative estimate of drug-likeness (QED) is 0.722. The number of nitrogens with one attached hydrogen (secondary N) is 1. The molecule has 170 valence electrons. The Balaban J connectivity index is 1.26. The van der Waals surface area contributed by atoms with Crippen molar-refractivity contribution in [1.82, 2.24) is 9.80 Å². The predicted molar refractivity (Wildman–Crippen MR) is 130 cm³/mol. The van der Waals surface area contributed by atoms with Crippen LogP contribution in [0.3, 0.4) is 0 Å². The average molecular weight is 455 g/mol. The van der Waals surface area contributed by atoms with Crippen molar-refractivity contribution in [2.75, 3.05) is 57.0 Å². The van der Waals surface area contributed by atoms with E-state index in [-0.39, 0.29) is 11.8 Å². The molecule has 0 aliphatic carbocycles. The molecule has 2 aliphatic heterocycles. The lowest BCUT2D eigenvalue weighted by molar-refractivity contribution is -0.116. The second-order valence-electron chi connectivity index (χ2n) is 9.16. The maximum absolute atomic E-state index is 13.1. The molecule has 0 spiro atoms. The lowest BCUT2D eigenvalue weighted by Crippen LogP contribution is -2.34. The van der Waals surface area contributed by atoms with Crippen molar-refractivity contribution in [3.8, 4) is 0 Å². The Morgan fingerprint density at radius 1 is 1.06 bits per heavy atom. The Bertz CT molecular complexity index is 995. The zero-order valence-corrected chi connectivity index (χ0v) is 19.7. The molecule has 2 heterocycles. The van der Waals surface area contributed by atoms with Gasteiger partial charge in [-0.3, -0.25) is 9.59 Å². The molecule has 2 aromatic carbocycles. The van der Waals surface area contributed by atoms with E-state index >= 15 is 0 Å². The van der Waals surface area contributed by atoms with Gasteiger partial charge < -0.3 is 20.0 Å². The van der Waals surface area contributed by atoms with Gasteiger partial charge in [-0.2, -0.15) is 0 Å². The van der Waals surface area contributed by atoms with Gasteiger partial charge >= 0.3 is 0 Å². The molecule has 2 saturated heterocycles. The van der Waals surface area contributed by atoms with E-state index in [9.17, 15) is 9.59 Å². The summed E-state index contributed by atoms with van der Waals surface area (Å²) in [7, 11) is 3.93. The number of aryl methyl sites for hydroxylation is 1. The first-order valence-electron chi connectivity index (χ1n) is 11.2. The average Bonchev–Trinajstić information content (AvgIpc) is 3.33. The third kappa shape index (κ3) is 4.92. The SMILES string of the molecule is Cc1ccc(NC(=O)CCN2CC3CN(C(=O)c4ccccc4N(C)C)CC3C2)cc1Cl. The minimum Gasteiger partial charge on any atom is -0.377 e. The summed E-state index contributed by atoms with van der Waals surface area (Å²) < 4.78 is 0. The molecular formula is C25H31ClN4O2.